The van der Waals surface area contributed by atoms with Crippen molar-refractivity contribution in [3.63, 3.8) is 0 Å². The maximum atomic E-state index is 15.1. The fourth-order valence-corrected chi connectivity index (χ4v) is 7.62. The van der Waals surface area contributed by atoms with Gasteiger partial charge in [-0.25, -0.2) is 4.68 Å². The standard InChI is InChI=1S/C40H58N6O4Si/c1-9-11-20-43(21-12-10-2)39(49)35-23-29(3)46(42-35)36-18-17-32(44-22-19-41-26-37(44)47)25-34(36)38(48)45-27-31-16-14-13-15-30(31)24-33(45)28-50-51(7,8)40(4,5)6/h13-18,23,25,33,41H,9-12,19-22,24,26-28H2,1-8H3/t33-/m0/s1. The van der Waals surface area contributed by atoms with Gasteiger partial charge < -0.3 is 24.4 Å². The van der Waals surface area contributed by atoms with Crippen LogP contribution >= 0.6 is 0 Å². The largest absolute Gasteiger partial charge is 0.415 e. The molecule has 1 aromatic heterocycles. The number of nitrogens with zero attached hydrogens (tertiary/aromatic N) is 5. The molecule has 0 unspecified atom stereocenters. The van der Waals surface area contributed by atoms with Crippen molar-refractivity contribution in [2.24, 2.45) is 0 Å². The van der Waals surface area contributed by atoms with Crippen LogP contribution < -0.4 is 10.2 Å². The molecule has 0 aliphatic carbocycles. The van der Waals surface area contributed by atoms with Crippen LogP contribution in [-0.2, 0) is 22.2 Å². The van der Waals surface area contributed by atoms with Crippen molar-refractivity contribution in [3.05, 3.63) is 76.6 Å². The van der Waals surface area contributed by atoms with Gasteiger partial charge >= 0.3 is 0 Å². The number of carbonyl (C=O) groups excluding carboxylic acids is 3. The molecule has 0 radical (unpaired) electrons. The number of hydrogen-bond donors (Lipinski definition) is 1. The first-order valence-electron chi connectivity index (χ1n) is 18.8. The second kappa shape index (κ2) is 16.3. The van der Waals surface area contributed by atoms with Crippen LogP contribution in [0, 0.1) is 6.92 Å². The number of fused-ring (bicyclic) bond motifs is 1. The molecule has 3 aromatic rings. The highest BCUT2D eigenvalue weighted by atomic mass is 28.4. The van der Waals surface area contributed by atoms with E-state index >= 15 is 4.79 Å². The smallest absolute Gasteiger partial charge is 0.274 e. The van der Waals surface area contributed by atoms with Crippen LogP contribution in [0.4, 0.5) is 5.69 Å². The zero-order chi connectivity index (χ0) is 36.9. The summed E-state index contributed by atoms with van der Waals surface area (Å²) in [6.45, 7) is 21.0. The Morgan fingerprint density at radius 2 is 1.71 bits per heavy atom. The quantitative estimate of drug-likeness (QED) is 0.197. The number of anilines is 1. The Bertz CT molecular complexity index is 1700. The Labute approximate surface area is 305 Å². The van der Waals surface area contributed by atoms with Crippen LogP contribution in [-0.4, -0.2) is 91.0 Å². The number of unbranched alkanes of at least 4 members (excludes halogenated alkanes) is 2. The van der Waals surface area contributed by atoms with Gasteiger partial charge in [0.1, 0.15) is 0 Å². The highest BCUT2D eigenvalue weighted by Crippen LogP contribution is 2.38. The van der Waals surface area contributed by atoms with Gasteiger partial charge in [-0.1, -0.05) is 71.7 Å². The molecular weight excluding hydrogens is 657 g/mol. The monoisotopic (exact) mass is 714 g/mol. The maximum absolute atomic E-state index is 15.1. The van der Waals surface area contributed by atoms with E-state index in [0.29, 0.717) is 68.4 Å². The fourth-order valence-electron chi connectivity index (χ4n) is 6.57. The van der Waals surface area contributed by atoms with Crippen molar-refractivity contribution in [1.29, 1.82) is 0 Å². The average Bonchev–Trinajstić information content (AvgIpc) is 3.50. The lowest BCUT2D eigenvalue weighted by Crippen LogP contribution is -2.50. The van der Waals surface area contributed by atoms with Crippen molar-refractivity contribution in [3.8, 4) is 5.69 Å². The summed E-state index contributed by atoms with van der Waals surface area (Å²) in [6, 6.07) is 15.6. The number of hydrogen-bond acceptors (Lipinski definition) is 6. The molecular formula is C40H58N6O4Si. The molecule has 1 N–H and O–H groups in total. The van der Waals surface area contributed by atoms with Crippen LogP contribution in [0.2, 0.25) is 18.1 Å². The van der Waals surface area contributed by atoms with Crippen LogP contribution in [0.15, 0.2) is 48.5 Å². The van der Waals surface area contributed by atoms with Gasteiger partial charge in [0.2, 0.25) is 5.91 Å². The highest BCUT2D eigenvalue weighted by Gasteiger charge is 2.40. The predicted molar refractivity (Wildman–Crippen MR) is 206 cm³/mol. The lowest BCUT2D eigenvalue weighted by atomic mass is 9.93. The van der Waals surface area contributed by atoms with E-state index in [1.54, 1.807) is 9.58 Å². The Hall–Kier alpha value is -3.80. The zero-order valence-electron chi connectivity index (χ0n) is 32.1. The van der Waals surface area contributed by atoms with Crippen molar-refractivity contribution < 1.29 is 18.8 Å². The average molecular weight is 715 g/mol. The van der Waals surface area contributed by atoms with Crippen LogP contribution in [0.25, 0.3) is 5.69 Å². The molecule has 276 valence electrons. The third-order valence-electron chi connectivity index (χ3n) is 10.9. The molecule has 2 aromatic carbocycles. The number of amides is 3. The van der Waals surface area contributed by atoms with E-state index in [1.165, 1.54) is 5.56 Å². The van der Waals surface area contributed by atoms with E-state index in [2.05, 4.69) is 71.2 Å². The molecule has 5 rings (SSSR count). The lowest BCUT2D eigenvalue weighted by Gasteiger charge is -2.41. The Balaban J connectivity index is 1.57. The number of nitrogens with one attached hydrogen (secondary N) is 1. The molecule has 1 saturated heterocycles. The molecule has 11 heteroatoms. The van der Waals surface area contributed by atoms with Gasteiger partial charge in [-0.15, -0.1) is 0 Å². The Morgan fingerprint density at radius 3 is 2.35 bits per heavy atom. The first kappa shape index (κ1) is 38.4. The van der Waals surface area contributed by atoms with Crippen LogP contribution in [0.3, 0.4) is 0 Å². The summed E-state index contributed by atoms with van der Waals surface area (Å²) in [6.07, 6.45) is 4.55. The topological polar surface area (TPSA) is 100 Å². The molecule has 0 saturated carbocycles. The summed E-state index contributed by atoms with van der Waals surface area (Å²) in [5.74, 6) is -0.282. The second-order valence-corrected chi connectivity index (χ2v) is 20.4. The van der Waals surface area contributed by atoms with Crippen LogP contribution in [0.1, 0.15) is 98.0 Å². The van der Waals surface area contributed by atoms with Gasteiger partial charge in [-0.05, 0) is 79.7 Å². The minimum Gasteiger partial charge on any atom is -0.415 e. The van der Waals surface area contributed by atoms with Crippen molar-refractivity contribution in [1.82, 2.24) is 24.9 Å². The maximum Gasteiger partial charge on any atom is 0.274 e. The van der Waals surface area contributed by atoms with Gasteiger partial charge in [0.05, 0.1) is 30.4 Å². The number of aromatic nitrogens is 2. The molecule has 2 aliphatic heterocycles. The summed E-state index contributed by atoms with van der Waals surface area (Å²) >= 11 is 0. The van der Waals surface area contributed by atoms with Crippen molar-refractivity contribution in [2.75, 3.05) is 44.2 Å². The van der Waals surface area contributed by atoms with Gasteiger partial charge in [0.25, 0.3) is 11.8 Å². The minimum absolute atomic E-state index is 0.0289. The third-order valence-corrected chi connectivity index (χ3v) is 15.4. The third kappa shape index (κ3) is 8.64. The van der Waals surface area contributed by atoms with Gasteiger partial charge in [0.15, 0.2) is 14.0 Å². The Morgan fingerprint density at radius 1 is 1.02 bits per heavy atom. The molecule has 0 spiro atoms. The van der Waals surface area contributed by atoms with Gasteiger partial charge in [0, 0.05) is 44.1 Å². The highest BCUT2D eigenvalue weighted by molar-refractivity contribution is 6.74. The van der Waals surface area contributed by atoms with E-state index in [0.717, 1.165) is 36.9 Å². The molecule has 3 heterocycles. The number of aryl methyl sites for hydroxylation is 1. The van der Waals surface area contributed by atoms with E-state index in [1.807, 2.05) is 47.1 Å². The molecule has 0 bridgehead atoms. The second-order valence-electron chi connectivity index (χ2n) is 15.6. The summed E-state index contributed by atoms with van der Waals surface area (Å²) in [7, 11) is -2.11. The number of rotatable bonds is 13. The number of benzene rings is 2. The summed E-state index contributed by atoms with van der Waals surface area (Å²) < 4.78 is 8.49. The summed E-state index contributed by atoms with van der Waals surface area (Å²) in [5, 5.41) is 8.03. The van der Waals surface area contributed by atoms with Crippen molar-refractivity contribution >= 4 is 31.7 Å². The molecule has 1 atom stereocenters. The van der Waals surface area contributed by atoms with Crippen molar-refractivity contribution in [2.45, 2.75) is 104 Å². The van der Waals surface area contributed by atoms with Gasteiger partial charge in [-0.3, -0.25) is 14.4 Å². The predicted octanol–water partition coefficient (Wildman–Crippen LogP) is 6.75. The zero-order valence-corrected chi connectivity index (χ0v) is 33.1. The fraction of sp³-hybridized carbons (Fsp3) is 0.550. The van der Waals surface area contributed by atoms with Crippen LogP contribution in [0.5, 0.6) is 0 Å². The van der Waals surface area contributed by atoms with E-state index in [-0.39, 0.29) is 35.3 Å². The summed E-state index contributed by atoms with van der Waals surface area (Å²) in [5.41, 5.74) is 5.16. The summed E-state index contributed by atoms with van der Waals surface area (Å²) in [4.78, 5) is 47.5. The number of carbonyl (C=O) groups is 3. The molecule has 2 aliphatic rings. The molecule has 51 heavy (non-hydrogen) atoms. The van der Waals surface area contributed by atoms with E-state index in [9.17, 15) is 9.59 Å². The van der Waals surface area contributed by atoms with E-state index < -0.39 is 8.32 Å². The lowest BCUT2D eigenvalue weighted by molar-refractivity contribution is -0.118. The Kier molecular flexibility index (Phi) is 12.2. The molecule has 1 fully saturated rings. The number of piperazine rings is 1. The molecule has 3 amide bonds. The van der Waals surface area contributed by atoms with Gasteiger partial charge in [-0.2, -0.15) is 5.10 Å². The van der Waals surface area contributed by atoms with E-state index in [4.69, 9.17) is 9.52 Å². The first-order valence-corrected chi connectivity index (χ1v) is 21.7. The minimum atomic E-state index is -2.11. The molecule has 10 nitrogen and oxygen atoms in total. The SMILES string of the molecule is CCCCN(CCCC)C(=O)c1cc(C)n(-c2ccc(N3CCNCC3=O)cc2C(=O)N2Cc3ccccc3C[C@H]2CO[Si](C)(C)C(C)(C)C)n1. The first-order chi connectivity index (χ1) is 24.3. The normalized spacial score (nSPS) is 16.7.